The van der Waals surface area contributed by atoms with Gasteiger partial charge >= 0.3 is 0 Å². The molecule has 0 aliphatic carbocycles. The summed E-state index contributed by atoms with van der Waals surface area (Å²) in [5.74, 6) is 0.762. The van der Waals surface area contributed by atoms with E-state index in [1.807, 2.05) is 24.3 Å². The number of nitrogens with one attached hydrogen (secondary N) is 1. The van der Waals surface area contributed by atoms with Crippen LogP contribution in [-0.4, -0.2) is 52.1 Å². The molecule has 0 radical (unpaired) electrons. The minimum absolute atomic E-state index is 0.607. The molecular formula is C23H26N6. The average molecular weight is 387 g/mol. The Balaban J connectivity index is 1.47. The lowest BCUT2D eigenvalue weighted by atomic mass is 10.1. The van der Waals surface area contributed by atoms with Gasteiger partial charge in [0.2, 0.25) is 0 Å². The van der Waals surface area contributed by atoms with Gasteiger partial charge in [-0.15, -0.1) is 0 Å². The molecule has 2 aromatic carbocycles. The Labute approximate surface area is 170 Å². The summed E-state index contributed by atoms with van der Waals surface area (Å²) in [5, 5.41) is 0.953. The van der Waals surface area contributed by atoms with Gasteiger partial charge < -0.3 is 15.6 Å². The predicted octanol–water partition coefficient (Wildman–Crippen LogP) is 3.89. The molecule has 2 aromatic heterocycles. The second-order valence-electron chi connectivity index (χ2n) is 8.01. The standard InChI is InChI=1S/C23H26N6/c1-15(2)28-9-11-29(12-10-28)16-7-8-20-21(13-16)27-23(26-20)18-14-25-19-6-4-3-5-17(19)22(18)24/h3-8,13-15H,9-12H2,1-2H3,(H2,24,25)(H,26,27). The number of fused-ring (bicyclic) bond motifs is 2. The third-order valence-electron chi connectivity index (χ3n) is 5.95. The molecule has 29 heavy (non-hydrogen) atoms. The number of H-pyrrole nitrogens is 1. The first-order chi connectivity index (χ1) is 14.1. The number of hydrogen-bond donors (Lipinski definition) is 2. The molecule has 1 fully saturated rings. The maximum Gasteiger partial charge on any atom is 0.142 e. The lowest BCUT2D eigenvalue weighted by Gasteiger charge is -2.38. The number of pyridine rings is 1. The van der Waals surface area contributed by atoms with Crippen LogP contribution >= 0.6 is 0 Å². The Bertz CT molecular complexity index is 1170. The zero-order chi connectivity index (χ0) is 20.0. The molecule has 5 rings (SSSR count). The molecule has 1 saturated heterocycles. The normalized spacial score (nSPS) is 15.6. The van der Waals surface area contributed by atoms with E-state index >= 15 is 0 Å². The number of imidazole rings is 1. The third kappa shape index (κ3) is 3.19. The summed E-state index contributed by atoms with van der Waals surface area (Å²) < 4.78 is 0. The van der Waals surface area contributed by atoms with Crippen LogP contribution in [-0.2, 0) is 0 Å². The van der Waals surface area contributed by atoms with Crippen molar-refractivity contribution in [1.82, 2.24) is 19.9 Å². The molecule has 6 heteroatoms. The molecule has 1 aliphatic heterocycles. The van der Waals surface area contributed by atoms with Crippen molar-refractivity contribution < 1.29 is 0 Å². The molecular weight excluding hydrogens is 360 g/mol. The van der Waals surface area contributed by atoms with Gasteiger partial charge in [-0.25, -0.2) is 4.98 Å². The Morgan fingerprint density at radius 1 is 1.00 bits per heavy atom. The summed E-state index contributed by atoms with van der Waals surface area (Å²) in [6.45, 7) is 8.83. The maximum absolute atomic E-state index is 6.44. The second kappa shape index (κ2) is 7.04. The van der Waals surface area contributed by atoms with Crippen LogP contribution in [0.3, 0.4) is 0 Å². The summed E-state index contributed by atoms with van der Waals surface area (Å²) in [4.78, 5) is 17.7. The van der Waals surface area contributed by atoms with Gasteiger partial charge in [0.15, 0.2) is 0 Å². The van der Waals surface area contributed by atoms with E-state index in [0.29, 0.717) is 11.7 Å². The fourth-order valence-electron chi connectivity index (χ4n) is 4.17. The summed E-state index contributed by atoms with van der Waals surface area (Å²) in [5.41, 5.74) is 12.1. The molecule has 0 spiro atoms. The summed E-state index contributed by atoms with van der Waals surface area (Å²) in [7, 11) is 0. The molecule has 3 heterocycles. The van der Waals surface area contributed by atoms with E-state index in [2.05, 4.69) is 51.8 Å². The van der Waals surface area contributed by atoms with Gasteiger partial charge in [0.25, 0.3) is 0 Å². The number of hydrogen-bond acceptors (Lipinski definition) is 5. The number of aromatic amines is 1. The number of nitrogens with two attached hydrogens (primary N) is 1. The van der Waals surface area contributed by atoms with Crippen LogP contribution in [0.4, 0.5) is 11.4 Å². The number of aromatic nitrogens is 3. The fourth-order valence-corrected chi connectivity index (χ4v) is 4.17. The first kappa shape index (κ1) is 17.9. The second-order valence-corrected chi connectivity index (χ2v) is 8.01. The van der Waals surface area contributed by atoms with E-state index in [4.69, 9.17) is 10.7 Å². The number of rotatable bonds is 3. The topological polar surface area (TPSA) is 74.1 Å². The van der Waals surface area contributed by atoms with Gasteiger partial charge in [0.1, 0.15) is 5.82 Å². The van der Waals surface area contributed by atoms with Gasteiger partial charge in [0, 0.05) is 49.5 Å². The van der Waals surface area contributed by atoms with Gasteiger partial charge in [-0.2, -0.15) is 0 Å². The molecule has 0 amide bonds. The lowest BCUT2D eigenvalue weighted by molar-refractivity contribution is 0.209. The molecule has 0 atom stereocenters. The average Bonchev–Trinajstić information content (AvgIpc) is 3.17. The van der Waals surface area contributed by atoms with E-state index in [9.17, 15) is 0 Å². The Hall–Kier alpha value is -3.12. The van der Waals surface area contributed by atoms with Gasteiger partial charge in [0.05, 0.1) is 27.8 Å². The van der Waals surface area contributed by atoms with E-state index in [0.717, 1.165) is 59.5 Å². The monoisotopic (exact) mass is 386 g/mol. The summed E-state index contributed by atoms with van der Waals surface area (Å²) in [6.07, 6.45) is 1.81. The molecule has 0 saturated carbocycles. The summed E-state index contributed by atoms with van der Waals surface area (Å²) >= 11 is 0. The highest BCUT2D eigenvalue weighted by Crippen LogP contribution is 2.31. The third-order valence-corrected chi connectivity index (χ3v) is 5.95. The van der Waals surface area contributed by atoms with Crippen LogP contribution < -0.4 is 10.6 Å². The smallest absolute Gasteiger partial charge is 0.142 e. The zero-order valence-electron chi connectivity index (χ0n) is 16.9. The first-order valence-electron chi connectivity index (χ1n) is 10.2. The van der Waals surface area contributed by atoms with Crippen LogP contribution in [0.15, 0.2) is 48.7 Å². The van der Waals surface area contributed by atoms with Crippen LogP contribution in [0.5, 0.6) is 0 Å². The molecule has 0 unspecified atom stereocenters. The van der Waals surface area contributed by atoms with Crippen LogP contribution in [0, 0.1) is 0 Å². The van der Waals surface area contributed by atoms with Crippen LogP contribution in [0.25, 0.3) is 33.3 Å². The molecule has 148 valence electrons. The van der Waals surface area contributed by atoms with Crippen molar-refractivity contribution in [3.8, 4) is 11.4 Å². The van der Waals surface area contributed by atoms with Crippen LogP contribution in [0.2, 0.25) is 0 Å². The van der Waals surface area contributed by atoms with Gasteiger partial charge in [-0.05, 0) is 38.1 Å². The maximum atomic E-state index is 6.44. The highest BCUT2D eigenvalue weighted by atomic mass is 15.3. The van der Waals surface area contributed by atoms with E-state index < -0.39 is 0 Å². The molecule has 4 aromatic rings. The van der Waals surface area contributed by atoms with Crippen molar-refractivity contribution in [2.24, 2.45) is 0 Å². The van der Waals surface area contributed by atoms with Crippen molar-refractivity contribution in [1.29, 1.82) is 0 Å². The van der Waals surface area contributed by atoms with Crippen molar-refractivity contribution >= 4 is 33.3 Å². The fraction of sp³-hybridized carbons (Fsp3) is 0.304. The molecule has 3 N–H and O–H groups in total. The minimum atomic E-state index is 0.607. The van der Waals surface area contributed by atoms with Crippen molar-refractivity contribution in [2.45, 2.75) is 19.9 Å². The highest BCUT2D eigenvalue weighted by molar-refractivity contribution is 5.97. The number of nitrogens with zero attached hydrogens (tertiary/aromatic N) is 4. The van der Waals surface area contributed by atoms with Crippen molar-refractivity contribution in [2.75, 3.05) is 36.8 Å². The Morgan fingerprint density at radius 2 is 1.79 bits per heavy atom. The van der Waals surface area contributed by atoms with Crippen LogP contribution in [0.1, 0.15) is 13.8 Å². The predicted molar refractivity (Wildman–Crippen MR) is 120 cm³/mol. The molecule has 6 nitrogen and oxygen atoms in total. The molecule has 0 bridgehead atoms. The van der Waals surface area contributed by atoms with Gasteiger partial charge in [-0.3, -0.25) is 9.88 Å². The van der Waals surface area contributed by atoms with E-state index in [1.54, 1.807) is 6.20 Å². The Kier molecular flexibility index (Phi) is 4.36. The minimum Gasteiger partial charge on any atom is -0.398 e. The van der Waals surface area contributed by atoms with Gasteiger partial charge in [-0.1, -0.05) is 18.2 Å². The lowest BCUT2D eigenvalue weighted by Crippen LogP contribution is -2.48. The largest absolute Gasteiger partial charge is 0.398 e. The Morgan fingerprint density at radius 3 is 2.59 bits per heavy atom. The van der Waals surface area contributed by atoms with E-state index in [-0.39, 0.29) is 0 Å². The SMILES string of the molecule is CC(C)N1CCN(c2ccc3nc(-c4cnc5ccccc5c4N)[nH]c3c2)CC1. The number of piperazine rings is 1. The number of para-hydroxylation sites is 1. The molecule has 1 aliphatic rings. The first-order valence-corrected chi connectivity index (χ1v) is 10.2. The summed E-state index contributed by atoms with van der Waals surface area (Å²) in [6, 6.07) is 15.0. The quantitative estimate of drug-likeness (QED) is 0.559. The number of nitrogen functional groups attached to an aromatic ring is 1. The van der Waals surface area contributed by atoms with E-state index in [1.165, 1.54) is 5.69 Å². The zero-order valence-corrected chi connectivity index (χ0v) is 16.9. The number of benzene rings is 2. The highest BCUT2D eigenvalue weighted by Gasteiger charge is 2.20. The van der Waals surface area contributed by atoms with Crippen molar-refractivity contribution in [3.05, 3.63) is 48.7 Å². The van der Waals surface area contributed by atoms with Crippen molar-refractivity contribution in [3.63, 3.8) is 0 Å². The number of anilines is 2.